The summed E-state index contributed by atoms with van der Waals surface area (Å²) in [6, 6.07) is 0. The Balaban J connectivity index is 1.68. The second-order valence-electron chi connectivity index (χ2n) is 8.32. The Hall–Kier alpha value is -0.620. The zero-order chi connectivity index (χ0) is 17.4. The van der Waals surface area contributed by atoms with Gasteiger partial charge in [0.25, 0.3) is 0 Å². The summed E-state index contributed by atoms with van der Waals surface area (Å²) in [6.45, 7) is 6.08. The summed E-state index contributed by atoms with van der Waals surface area (Å²) in [5.41, 5.74) is -0.450. The van der Waals surface area contributed by atoms with Gasteiger partial charge in [-0.1, -0.05) is 19.3 Å². The summed E-state index contributed by atoms with van der Waals surface area (Å²) < 4.78 is 26.5. The molecule has 0 N–H and O–H groups in total. The number of carbonyl (C=O) groups is 1. The molecule has 3 fully saturated rings. The molecule has 2 aliphatic heterocycles. The first-order valence-electron chi connectivity index (χ1n) is 9.63. The Morgan fingerprint density at radius 2 is 1.79 bits per heavy atom. The Kier molecular flexibility index (Phi) is 5.26. The number of hydrogen-bond donors (Lipinski definition) is 0. The van der Waals surface area contributed by atoms with E-state index in [1.807, 2.05) is 0 Å². The van der Waals surface area contributed by atoms with E-state index in [0.29, 0.717) is 25.4 Å². The highest BCUT2D eigenvalue weighted by Gasteiger charge is 2.51. The molecule has 3 rings (SSSR count). The van der Waals surface area contributed by atoms with Crippen molar-refractivity contribution in [2.24, 2.45) is 11.3 Å². The van der Waals surface area contributed by atoms with Crippen molar-refractivity contribution in [3.8, 4) is 0 Å². The number of rotatable bonds is 4. The molecule has 1 saturated carbocycles. The second kappa shape index (κ2) is 6.94. The van der Waals surface area contributed by atoms with E-state index in [4.69, 9.17) is 0 Å². The Labute approximate surface area is 146 Å². The van der Waals surface area contributed by atoms with Crippen molar-refractivity contribution in [2.75, 3.05) is 26.2 Å². The maximum atomic E-state index is 13.2. The van der Waals surface area contributed by atoms with Crippen LogP contribution in [0.5, 0.6) is 0 Å². The molecule has 2 saturated heterocycles. The monoisotopic (exact) mass is 356 g/mol. The van der Waals surface area contributed by atoms with Crippen LogP contribution in [0.15, 0.2) is 0 Å². The molecule has 3 aliphatic rings. The normalized spacial score (nSPS) is 30.6. The van der Waals surface area contributed by atoms with E-state index in [1.165, 1.54) is 32.1 Å². The van der Waals surface area contributed by atoms with Crippen LogP contribution >= 0.6 is 0 Å². The molecule has 24 heavy (non-hydrogen) atoms. The number of sulfonamides is 1. The average Bonchev–Trinajstić information content (AvgIpc) is 2.99. The second-order valence-corrected chi connectivity index (χ2v) is 10.8. The molecule has 2 heterocycles. The molecule has 5 nitrogen and oxygen atoms in total. The highest BCUT2D eigenvalue weighted by molar-refractivity contribution is 7.89. The fraction of sp³-hybridized carbons (Fsp3) is 0.944. The number of piperidine rings is 1. The van der Waals surface area contributed by atoms with Gasteiger partial charge in [0.2, 0.25) is 15.9 Å². The zero-order valence-electron chi connectivity index (χ0n) is 15.2. The van der Waals surface area contributed by atoms with Gasteiger partial charge in [-0.2, -0.15) is 0 Å². The predicted octanol–water partition coefficient (Wildman–Crippen LogP) is 2.62. The van der Waals surface area contributed by atoms with Crippen LogP contribution in [0, 0.1) is 11.3 Å². The molecule has 0 aromatic rings. The summed E-state index contributed by atoms with van der Waals surface area (Å²) in [5, 5.41) is -0.412. The first kappa shape index (κ1) is 18.2. The van der Waals surface area contributed by atoms with Crippen LogP contribution in [-0.4, -0.2) is 55.0 Å². The van der Waals surface area contributed by atoms with Gasteiger partial charge in [0.05, 0.1) is 10.7 Å². The number of nitrogens with zero attached hydrogens (tertiary/aromatic N) is 2. The number of carbonyl (C=O) groups excluding carboxylic acids is 1. The van der Waals surface area contributed by atoms with Gasteiger partial charge in [0.1, 0.15) is 0 Å². The van der Waals surface area contributed by atoms with Gasteiger partial charge >= 0.3 is 0 Å². The Morgan fingerprint density at radius 3 is 2.46 bits per heavy atom. The van der Waals surface area contributed by atoms with Crippen LogP contribution in [0.4, 0.5) is 0 Å². The lowest BCUT2D eigenvalue weighted by molar-refractivity contribution is -0.146. The first-order chi connectivity index (χ1) is 11.3. The smallest absolute Gasteiger partial charge is 0.230 e. The minimum Gasteiger partial charge on any atom is -0.342 e. The first-order valence-corrected chi connectivity index (χ1v) is 11.1. The van der Waals surface area contributed by atoms with Crippen LogP contribution < -0.4 is 0 Å². The summed E-state index contributed by atoms with van der Waals surface area (Å²) in [7, 11) is -3.26. The predicted molar refractivity (Wildman–Crippen MR) is 95.1 cm³/mol. The van der Waals surface area contributed by atoms with E-state index in [9.17, 15) is 13.2 Å². The molecule has 1 amide bonds. The van der Waals surface area contributed by atoms with Crippen molar-refractivity contribution < 1.29 is 13.2 Å². The lowest BCUT2D eigenvalue weighted by Gasteiger charge is -2.41. The van der Waals surface area contributed by atoms with E-state index >= 15 is 0 Å². The zero-order valence-corrected chi connectivity index (χ0v) is 16.0. The van der Waals surface area contributed by atoms with Gasteiger partial charge in [0, 0.05) is 26.2 Å². The van der Waals surface area contributed by atoms with Gasteiger partial charge in [-0.3, -0.25) is 4.79 Å². The molecule has 1 spiro atoms. The van der Waals surface area contributed by atoms with Gasteiger partial charge in [0.15, 0.2) is 0 Å². The van der Waals surface area contributed by atoms with Gasteiger partial charge in [-0.05, 0) is 51.9 Å². The van der Waals surface area contributed by atoms with Crippen LogP contribution in [-0.2, 0) is 14.8 Å². The van der Waals surface area contributed by atoms with Crippen LogP contribution in [0.25, 0.3) is 0 Å². The minimum absolute atomic E-state index is 0.223. The summed E-state index contributed by atoms with van der Waals surface area (Å²) in [4.78, 5) is 15.2. The van der Waals surface area contributed by atoms with E-state index in [-0.39, 0.29) is 5.91 Å². The largest absolute Gasteiger partial charge is 0.342 e. The van der Waals surface area contributed by atoms with Gasteiger partial charge in [-0.15, -0.1) is 0 Å². The quantitative estimate of drug-likeness (QED) is 0.778. The van der Waals surface area contributed by atoms with E-state index < -0.39 is 20.7 Å². The van der Waals surface area contributed by atoms with Crippen molar-refractivity contribution in [2.45, 2.75) is 70.5 Å². The molecule has 0 radical (unpaired) electrons. The Morgan fingerprint density at radius 1 is 1.08 bits per heavy atom. The van der Waals surface area contributed by atoms with Crippen molar-refractivity contribution in [1.29, 1.82) is 0 Å². The SMILES string of the molecule is CC(C)S(=O)(=O)N1CCC2(CCCN(CC3CCCCC3)C2=O)C1. The molecule has 6 heteroatoms. The van der Waals surface area contributed by atoms with Crippen molar-refractivity contribution in [3.63, 3.8) is 0 Å². The van der Waals surface area contributed by atoms with E-state index in [0.717, 1.165) is 25.9 Å². The molecule has 1 unspecified atom stereocenters. The fourth-order valence-corrected chi connectivity index (χ4v) is 6.11. The Bertz CT molecular complexity index is 569. The van der Waals surface area contributed by atoms with Crippen LogP contribution in [0.1, 0.15) is 65.2 Å². The number of amides is 1. The molecule has 0 aromatic heterocycles. The lowest BCUT2D eigenvalue weighted by atomic mass is 9.77. The molecule has 1 atom stereocenters. The molecular weight excluding hydrogens is 324 g/mol. The third kappa shape index (κ3) is 3.36. The molecule has 1 aliphatic carbocycles. The highest BCUT2D eigenvalue weighted by atomic mass is 32.2. The topological polar surface area (TPSA) is 57.7 Å². The maximum absolute atomic E-state index is 13.2. The van der Waals surface area contributed by atoms with Gasteiger partial charge < -0.3 is 4.90 Å². The van der Waals surface area contributed by atoms with Crippen molar-refractivity contribution in [1.82, 2.24) is 9.21 Å². The van der Waals surface area contributed by atoms with E-state index in [1.54, 1.807) is 18.2 Å². The summed E-state index contributed by atoms with van der Waals surface area (Å²) in [6.07, 6.45) is 8.94. The lowest BCUT2D eigenvalue weighted by Crippen LogP contribution is -2.52. The minimum atomic E-state index is -3.26. The van der Waals surface area contributed by atoms with Crippen LogP contribution in [0.2, 0.25) is 0 Å². The standard InChI is InChI=1S/C18H32N2O3S/c1-15(2)24(22,23)20-12-10-18(14-20)9-6-11-19(17(18)21)13-16-7-4-3-5-8-16/h15-16H,3-14H2,1-2H3. The molecular formula is C18H32N2O3S. The third-order valence-corrected chi connectivity index (χ3v) is 8.52. The number of hydrogen-bond acceptors (Lipinski definition) is 3. The van der Waals surface area contributed by atoms with E-state index in [2.05, 4.69) is 4.90 Å². The molecule has 0 aromatic carbocycles. The summed E-state index contributed by atoms with van der Waals surface area (Å²) in [5.74, 6) is 0.871. The molecule has 0 bridgehead atoms. The van der Waals surface area contributed by atoms with Crippen molar-refractivity contribution in [3.05, 3.63) is 0 Å². The third-order valence-electron chi connectivity index (χ3n) is 6.30. The maximum Gasteiger partial charge on any atom is 0.230 e. The summed E-state index contributed by atoms with van der Waals surface area (Å²) >= 11 is 0. The fourth-order valence-electron chi connectivity index (χ4n) is 4.74. The molecule has 138 valence electrons. The van der Waals surface area contributed by atoms with Crippen LogP contribution in [0.3, 0.4) is 0 Å². The van der Waals surface area contributed by atoms with Crippen molar-refractivity contribution >= 4 is 15.9 Å². The van der Waals surface area contributed by atoms with Gasteiger partial charge in [-0.25, -0.2) is 12.7 Å². The average molecular weight is 357 g/mol. The highest BCUT2D eigenvalue weighted by Crippen LogP contribution is 2.42. The number of likely N-dealkylation sites (tertiary alicyclic amines) is 1.